The van der Waals surface area contributed by atoms with Crippen molar-refractivity contribution in [3.63, 3.8) is 0 Å². The molecule has 0 fully saturated rings. The third kappa shape index (κ3) is 3.59. The van der Waals surface area contributed by atoms with Crippen LogP contribution in [0, 0.1) is 13.8 Å². The maximum absolute atomic E-state index is 12.7. The zero-order valence-electron chi connectivity index (χ0n) is 12.8. The lowest BCUT2D eigenvalue weighted by molar-refractivity contribution is 0.252. The molecule has 6 nitrogen and oxygen atoms in total. The Morgan fingerprint density at radius 2 is 1.90 bits per heavy atom. The number of aromatic nitrogens is 2. The molecule has 1 rings (SSSR count). The molecule has 0 aromatic carbocycles. The van der Waals surface area contributed by atoms with Gasteiger partial charge in [0, 0.05) is 20.1 Å². The molecule has 7 heteroatoms. The highest BCUT2D eigenvalue weighted by atomic mass is 32.2. The van der Waals surface area contributed by atoms with Crippen molar-refractivity contribution in [1.29, 1.82) is 0 Å². The molecular weight excluding hydrogens is 278 g/mol. The Balaban J connectivity index is 3.09. The van der Waals surface area contributed by atoms with Gasteiger partial charge in [0.2, 0.25) is 10.0 Å². The predicted octanol–water partition coefficient (Wildman–Crippen LogP) is 1.21. The van der Waals surface area contributed by atoms with Crippen molar-refractivity contribution < 1.29 is 13.5 Å². The van der Waals surface area contributed by atoms with E-state index in [0.717, 1.165) is 19.3 Å². The molecule has 0 aliphatic heterocycles. The number of aryl methyl sites for hydroxylation is 2. The lowest BCUT2D eigenvalue weighted by Gasteiger charge is -2.21. The highest BCUT2D eigenvalue weighted by Crippen LogP contribution is 2.23. The van der Waals surface area contributed by atoms with Gasteiger partial charge >= 0.3 is 0 Å². The van der Waals surface area contributed by atoms with Gasteiger partial charge in [0.25, 0.3) is 0 Å². The van der Waals surface area contributed by atoms with Gasteiger partial charge in [-0.1, -0.05) is 19.8 Å². The van der Waals surface area contributed by atoms with Gasteiger partial charge in [-0.15, -0.1) is 0 Å². The molecule has 116 valence electrons. The number of aliphatic hydroxyl groups is 1. The number of rotatable bonds is 8. The molecule has 0 radical (unpaired) electrons. The summed E-state index contributed by atoms with van der Waals surface area (Å²) in [5.41, 5.74) is 1.13. The summed E-state index contributed by atoms with van der Waals surface area (Å²) >= 11 is 0. The molecule has 0 aliphatic carbocycles. The van der Waals surface area contributed by atoms with Crippen LogP contribution in [0.2, 0.25) is 0 Å². The Bertz CT molecular complexity index is 537. The second-order valence-corrected chi connectivity index (χ2v) is 6.83. The van der Waals surface area contributed by atoms with Gasteiger partial charge in [-0.05, 0) is 20.3 Å². The van der Waals surface area contributed by atoms with Crippen LogP contribution in [-0.4, -0.2) is 47.3 Å². The summed E-state index contributed by atoms with van der Waals surface area (Å²) in [6.45, 7) is 5.90. The molecule has 0 saturated heterocycles. The molecule has 1 heterocycles. The van der Waals surface area contributed by atoms with Crippen LogP contribution in [0.3, 0.4) is 0 Å². The lowest BCUT2D eigenvalue weighted by Crippen LogP contribution is -2.35. The molecule has 0 unspecified atom stereocenters. The first-order chi connectivity index (χ1) is 9.36. The Hall–Kier alpha value is -0.920. The number of hydrogen-bond acceptors (Lipinski definition) is 4. The summed E-state index contributed by atoms with van der Waals surface area (Å²) in [4.78, 5) is 0.268. The van der Waals surface area contributed by atoms with E-state index in [1.807, 2.05) is 0 Å². The smallest absolute Gasteiger partial charge is 0.246 e. The van der Waals surface area contributed by atoms with Crippen LogP contribution in [0.1, 0.15) is 37.6 Å². The molecule has 1 N–H and O–H groups in total. The first-order valence-electron chi connectivity index (χ1n) is 6.97. The van der Waals surface area contributed by atoms with Gasteiger partial charge in [0.05, 0.1) is 18.0 Å². The average molecular weight is 303 g/mol. The second kappa shape index (κ2) is 7.19. The normalized spacial score (nSPS) is 12.3. The molecule has 0 aliphatic rings. The summed E-state index contributed by atoms with van der Waals surface area (Å²) < 4.78 is 28.4. The Morgan fingerprint density at radius 3 is 2.35 bits per heavy atom. The Labute approximate surface area is 121 Å². The summed E-state index contributed by atoms with van der Waals surface area (Å²) in [6, 6.07) is 0. The van der Waals surface area contributed by atoms with Crippen LogP contribution in [-0.2, 0) is 17.1 Å². The molecule has 0 atom stereocenters. The van der Waals surface area contributed by atoms with Gasteiger partial charge in [-0.2, -0.15) is 9.40 Å². The molecule has 0 spiro atoms. The van der Waals surface area contributed by atoms with Gasteiger partial charge in [-0.3, -0.25) is 4.68 Å². The quantitative estimate of drug-likeness (QED) is 0.732. The molecule has 1 aromatic rings. The van der Waals surface area contributed by atoms with Crippen LogP contribution in [0.4, 0.5) is 0 Å². The number of unbranched alkanes of at least 4 members (excludes halogenated alkanes) is 2. The largest absolute Gasteiger partial charge is 0.395 e. The maximum atomic E-state index is 12.7. The van der Waals surface area contributed by atoms with E-state index < -0.39 is 10.0 Å². The third-order valence-corrected chi connectivity index (χ3v) is 5.55. The number of hydrogen-bond donors (Lipinski definition) is 1. The van der Waals surface area contributed by atoms with E-state index in [1.165, 1.54) is 4.31 Å². The van der Waals surface area contributed by atoms with Crippen molar-refractivity contribution in [2.24, 2.45) is 7.05 Å². The van der Waals surface area contributed by atoms with Crippen molar-refractivity contribution in [3.05, 3.63) is 11.4 Å². The summed E-state index contributed by atoms with van der Waals surface area (Å²) in [6.07, 6.45) is 2.80. The zero-order valence-corrected chi connectivity index (χ0v) is 13.6. The molecule has 1 aromatic heterocycles. The van der Waals surface area contributed by atoms with Gasteiger partial charge in [0.1, 0.15) is 4.90 Å². The van der Waals surface area contributed by atoms with Gasteiger partial charge in [0.15, 0.2) is 0 Å². The Morgan fingerprint density at radius 1 is 1.25 bits per heavy atom. The molecule has 0 saturated carbocycles. The van der Waals surface area contributed by atoms with Crippen molar-refractivity contribution in [3.8, 4) is 0 Å². The maximum Gasteiger partial charge on any atom is 0.246 e. The fourth-order valence-corrected chi connectivity index (χ4v) is 4.13. The molecule has 0 amide bonds. The van der Waals surface area contributed by atoms with Crippen LogP contribution in [0.25, 0.3) is 0 Å². The number of nitrogens with zero attached hydrogens (tertiary/aromatic N) is 3. The SMILES string of the molecule is CCCCCN(CCO)S(=O)(=O)c1c(C)nn(C)c1C. The minimum Gasteiger partial charge on any atom is -0.395 e. The Kier molecular flexibility index (Phi) is 6.16. The van der Waals surface area contributed by atoms with Crippen LogP contribution >= 0.6 is 0 Å². The predicted molar refractivity (Wildman–Crippen MR) is 78.1 cm³/mol. The van der Waals surface area contributed by atoms with Crippen molar-refractivity contribution in [2.45, 2.75) is 44.9 Å². The molecule has 0 bridgehead atoms. The minimum atomic E-state index is -3.59. The first-order valence-corrected chi connectivity index (χ1v) is 8.41. The standard InChI is InChI=1S/C13H25N3O3S/c1-5-6-7-8-16(9-10-17)20(18,19)13-11(2)14-15(4)12(13)3/h17H,5-10H2,1-4H3. The van der Waals surface area contributed by atoms with Crippen molar-refractivity contribution >= 4 is 10.0 Å². The average Bonchev–Trinajstić information content (AvgIpc) is 2.62. The first kappa shape index (κ1) is 17.1. The van der Waals surface area contributed by atoms with E-state index in [4.69, 9.17) is 5.11 Å². The fourth-order valence-electron chi connectivity index (χ4n) is 2.26. The topological polar surface area (TPSA) is 75.4 Å². The van der Waals surface area contributed by atoms with Crippen molar-refractivity contribution in [1.82, 2.24) is 14.1 Å². The third-order valence-electron chi connectivity index (χ3n) is 3.40. The highest BCUT2D eigenvalue weighted by Gasteiger charge is 2.29. The fraction of sp³-hybridized carbons (Fsp3) is 0.769. The second-order valence-electron chi connectivity index (χ2n) is 4.96. The summed E-state index contributed by atoms with van der Waals surface area (Å²) in [7, 11) is -1.86. The van der Waals surface area contributed by atoms with E-state index in [-0.39, 0.29) is 18.0 Å². The van der Waals surface area contributed by atoms with Gasteiger partial charge in [-0.25, -0.2) is 8.42 Å². The van der Waals surface area contributed by atoms with Crippen LogP contribution < -0.4 is 0 Å². The van der Waals surface area contributed by atoms with E-state index in [2.05, 4.69) is 12.0 Å². The van der Waals surface area contributed by atoms with E-state index in [1.54, 1.807) is 25.6 Å². The van der Waals surface area contributed by atoms with E-state index in [9.17, 15) is 8.42 Å². The van der Waals surface area contributed by atoms with E-state index in [0.29, 0.717) is 17.9 Å². The van der Waals surface area contributed by atoms with Crippen LogP contribution in [0.5, 0.6) is 0 Å². The van der Waals surface area contributed by atoms with Crippen LogP contribution in [0.15, 0.2) is 4.90 Å². The number of sulfonamides is 1. The monoisotopic (exact) mass is 303 g/mol. The zero-order chi connectivity index (χ0) is 15.3. The lowest BCUT2D eigenvalue weighted by atomic mass is 10.2. The number of aliphatic hydroxyl groups excluding tert-OH is 1. The van der Waals surface area contributed by atoms with E-state index >= 15 is 0 Å². The summed E-state index contributed by atoms with van der Waals surface area (Å²) in [5.74, 6) is 0. The van der Waals surface area contributed by atoms with Crippen molar-refractivity contribution in [2.75, 3.05) is 19.7 Å². The molecule has 20 heavy (non-hydrogen) atoms. The summed E-state index contributed by atoms with van der Waals surface area (Å²) in [5, 5.41) is 13.3. The minimum absolute atomic E-state index is 0.125. The van der Waals surface area contributed by atoms with Gasteiger partial charge < -0.3 is 5.11 Å². The molecular formula is C13H25N3O3S. The highest BCUT2D eigenvalue weighted by molar-refractivity contribution is 7.89.